The molecule has 9 nitrogen and oxygen atoms in total. The molecule has 2 aromatic carbocycles. The SMILES string of the molecule is CN1CCN(C2(C(=O)Nc3cc(-n4cnc5cc(C6COC6)ccc5c4=O)ccc3OC(F)(F)F)CC2)CC1. The highest BCUT2D eigenvalue weighted by Gasteiger charge is 2.55. The predicted octanol–water partition coefficient (Wildman–Crippen LogP) is 3.12. The molecule has 3 aliphatic rings. The number of halogens is 3. The predicted molar refractivity (Wildman–Crippen MR) is 137 cm³/mol. The molecule has 39 heavy (non-hydrogen) atoms. The van der Waals surface area contributed by atoms with Crippen LogP contribution >= 0.6 is 0 Å². The summed E-state index contributed by atoms with van der Waals surface area (Å²) in [5, 5.41) is 3.05. The number of benzene rings is 2. The average molecular weight is 544 g/mol. The summed E-state index contributed by atoms with van der Waals surface area (Å²) in [6.07, 6.45) is -2.37. The molecule has 2 saturated heterocycles. The summed E-state index contributed by atoms with van der Waals surface area (Å²) in [6, 6.07) is 9.17. The number of anilines is 1. The lowest BCUT2D eigenvalue weighted by Crippen LogP contribution is -2.54. The number of likely N-dealkylation sites (N-methyl/N-ethyl adjacent to an activating group) is 1. The second kappa shape index (κ2) is 9.61. The number of ether oxygens (including phenoxy) is 2. The first-order valence-electron chi connectivity index (χ1n) is 12.9. The number of piperazine rings is 1. The maximum atomic E-state index is 13.4. The molecule has 1 amide bonds. The number of hydrogen-bond acceptors (Lipinski definition) is 7. The molecule has 1 aliphatic carbocycles. The third-order valence-corrected chi connectivity index (χ3v) is 7.86. The van der Waals surface area contributed by atoms with Crippen molar-refractivity contribution in [1.82, 2.24) is 19.4 Å². The lowest BCUT2D eigenvalue weighted by atomic mass is 9.97. The van der Waals surface area contributed by atoms with Gasteiger partial charge in [0.25, 0.3) is 5.56 Å². The van der Waals surface area contributed by atoms with Gasteiger partial charge in [0.2, 0.25) is 5.91 Å². The Morgan fingerprint density at radius 3 is 2.49 bits per heavy atom. The molecule has 0 radical (unpaired) electrons. The summed E-state index contributed by atoms with van der Waals surface area (Å²) in [6.45, 7) is 4.26. The van der Waals surface area contributed by atoms with Crippen molar-refractivity contribution in [2.75, 3.05) is 51.8 Å². The van der Waals surface area contributed by atoms with Crippen LogP contribution in [0.2, 0.25) is 0 Å². The number of nitrogens with one attached hydrogen (secondary N) is 1. The smallest absolute Gasteiger partial charge is 0.404 e. The molecule has 3 heterocycles. The van der Waals surface area contributed by atoms with Gasteiger partial charge in [0.05, 0.1) is 35.5 Å². The van der Waals surface area contributed by atoms with E-state index in [0.717, 1.165) is 24.7 Å². The van der Waals surface area contributed by atoms with Gasteiger partial charge >= 0.3 is 6.36 Å². The van der Waals surface area contributed by atoms with E-state index in [9.17, 15) is 22.8 Å². The number of alkyl halides is 3. The minimum absolute atomic E-state index is 0.164. The van der Waals surface area contributed by atoms with Gasteiger partial charge in [-0.2, -0.15) is 0 Å². The summed E-state index contributed by atoms with van der Waals surface area (Å²) in [5.41, 5.74) is 0.509. The molecular weight excluding hydrogens is 515 g/mol. The van der Waals surface area contributed by atoms with Crippen molar-refractivity contribution in [1.29, 1.82) is 0 Å². The molecular formula is C27H28F3N5O4. The van der Waals surface area contributed by atoms with Gasteiger partial charge in [-0.05, 0) is 55.8 Å². The van der Waals surface area contributed by atoms with E-state index in [2.05, 4.69) is 24.8 Å². The van der Waals surface area contributed by atoms with Gasteiger partial charge in [0.15, 0.2) is 5.75 Å². The summed E-state index contributed by atoms with van der Waals surface area (Å²) in [4.78, 5) is 35.4. The topological polar surface area (TPSA) is 88.9 Å². The molecule has 3 aromatic rings. The van der Waals surface area contributed by atoms with Gasteiger partial charge in [0, 0.05) is 32.1 Å². The molecule has 1 aromatic heterocycles. The lowest BCUT2D eigenvalue weighted by molar-refractivity contribution is -0.274. The van der Waals surface area contributed by atoms with Crippen LogP contribution in [0.15, 0.2) is 47.5 Å². The van der Waals surface area contributed by atoms with E-state index in [-0.39, 0.29) is 28.8 Å². The summed E-state index contributed by atoms with van der Waals surface area (Å²) >= 11 is 0. The van der Waals surface area contributed by atoms with Crippen LogP contribution in [0.5, 0.6) is 5.75 Å². The number of nitrogens with zero attached hydrogens (tertiary/aromatic N) is 4. The average Bonchev–Trinajstić information content (AvgIpc) is 3.66. The number of rotatable bonds is 6. The Hall–Kier alpha value is -3.48. The Balaban J connectivity index is 1.32. The molecule has 0 unspecified atom stereocenters. The van der Waals surface area contributed by atoms with Crippen LogP contribution in [0.4, 0.5) is 18.9 Å². The largest absolute Gasteiger partial charge is 0.573 e. The molecule has 0 atom stereocenters. The van der Waals surface area contributed by atoms with E-state index < -0.39 is 17.7 Å². The monoisotopic (exact) mass is 543 g/mol. The molecule has 1 saturated carbocycles. The van der Waals surface area contributed by atoms with Gasteiger partial charge in [-0.1, -0.05) is 6.07 Å². The van der Waals surface area contributed by atoms with Gasteiger partial charge in [-0.3, -0.25) is 19.1 Å². The Morgan fingerprint density at radius 1 is 1.10 bits per heavy atom. The van der Waals surface area contributed by atoms with E-state index in [1.807, 2.05) is 19.2 Å². The van der Waals surface area contributed by atoms with E-state index in [1.165, 1.54) is 23.0 Å². The molecule has 0 bridgehead atoms. The second-order valence-corrected chi connectivity index (χ2v) is 10.4. The fraction of sp³-hybridized carbons (Fsp3) is 0.444. The van der Waals surface area contributed by atoms with Crippen LogP contribution in [0.25, 0.3) is 16.6 Å². The number of aromatic nitrogens is 2. The van der Waals surface area contributed by atoms with Crippen molar-refractivity contribution in [3.8, 4) is 11.4 Å². The molecule has 6 rings (SSSR count). The van der Waals surface area contributed by atoms with Crippen LogP contribution in [0.3, 0.4) is 0 Å². The maximum Gasteiger partial charge on any atom is 0.573 e. The highest BCUT2D eigenvalue weighted by atomic mass is 19.4. The molecule has 3 fully saturated rings. The molecule has 1 N–H and O–H groups in total. The third-order valence-electron chi connectivity index (χ3n) is 7.86. The Kier molecular flexibility index (Phi) is 6.35. The van der Waals surface area contributed by atoms with Crippen LogP contribution in [-0.2, 0) is 9.53 Å². The number of amides is 1. The molecule has 206 valence electrons. The summed E-state index contributed by atoms with van der Waals surface area (Å²) < 4.78 is 50.3. The lowest BCUT2D eigenvalue weighted by Gasteiger charge is -2.37. The van der Waals surface area contributed by atoms with Crippen LogP contribution in [0, 0.1) is 0 Å². The van der Waals surface area contributed by atoms with Crippen LogP contribution < -0.4 is 15.6 Å². The normalized spacial score (nSPS) is 20.0. The highest BCUT2D eigenvalue weighted by molar-refractivity contribution is 6.01. The van der Waals surface area contributed by atoms with Crippen molar-refractivity contribution in [2.24, 2.45) is 0 Å². The fourth-order valence-corrected chi connectivity index (χ4v) is 5.26. The standard InChI is InChI=1S/C27H28F3N5O4/c1-33-8-10-34(11-9-33)26(6-7-26)25(37)32-22-13-19(3-5-23(22)39-27(28,29)30)35-16-31-21-12-17(18-14-38-15-18)2-4-20(21)24(35)36/h2-5,12-13,16,18H,6-11,14-15H2,1H3,(H,32,37). The zero-order valence-electron chi connectivity index (χ0n) is 21.3. The minimum atomic E-state index is -4.96. The first kappa shape index (κ1) is 25.8. The number of carbonyl (C=O) groups is 1. The zero-order chi connectivity index (χ0) is 27.4. The van der Waals surface area contributed by atoms with Crippen molar-refractivity contribution in [2.45, 2.75) is 30.7 Å². The highest BCUT2D eigenvalue weighted by Crippen LogP contribution is 2.44. The van der Waals surface area contributed by atoms with E-state index in [1.54, 1.807) is 6.07 Å². The fourth-order valence-electron chi connectivity index (χ4n) is 5.26. The first-order chi connectivity index (χ1) is 18.6. The van der Waals surface area contributed by atoms with Gasteiger partial charge < -0.3 is 19.7 Å². The summed E-state index contributed by atoms with van der Waals surface area (Å²) in [5.74, 6) is -0.665. The number of carbonyl (C=O) groups excluding carboxylic acids is 1. The van der Waals surface area contributed by atoms with Crippen LogP contribution in [-0.4, -0.2) is 83.6 Å². The Labute approximate surface area is 222 Å². The second-order valence-electron chi connectivity index (χ2n) is 10.4. The van der Waals surface area contributed by atoms with Gasteiger partial charge in [0.1, 0.15) is 11.9 Å². The maximum absolute atomic E-state index is 13.4. The minimum Gasteiger partial charge on any atom is -0.404 e. The van der Waals surface area contributed by atoms with Gasteiger partial charge in [-0.25, -0.2) is 4.98 Å². The van der Waals surface area contributed by atoms with Crippen molar-refractivity contribution in [3.05, 3.63) is 58.6 Å². The van der Waals surface area contributed by atoms with E-state index in [0.29, 0.717) is 50.0 Å². The third kappa shape index (κ3) is 4.99. The quantitative estimate of drug-likeness (QED) is 0.511. The summed E-state index contributed by atoms with van der Waals surface area (Å²) in [7, 11) is 2.01. The molecule has 0 spiro atoms. The first-order valence-corrected chi connectivity index (χ1v) is 12.9. The van der Waals surface area contributed by atoms with Gasteiger partial charge in [-0.15, -0.1) is 13.2 Å². The van der Waals surface area contributed by atoms with Crippen LogP contribution in [0.1, 0.15) is 24.3 Å². The van der Waals surface area contributed by atoms with E-state index in [4.69, 9.17) is 4.74 Å². The van der Waals surface area contributed by atoms with E-state index >= 15 is 0 Å². The molecule has 2 aliphatic heterocycles. The van der Waals surface area contributed by atoms with Crippen molar-refractivity contribution < 1.29 is 27.4 Å². The van der Waals surface area contributed by atoms with Crippen molar-refractivity contribution in [3.63, 3.8) is 0 Å². The number of hydrogen-bond donors (Lipinski definition) is 1. The molecule has 12 heteroatoms. The Morgan fingerprint density at radius 2 is 1.85 bits per heavy atom. The van der Waals surface area contributed by atoms with Crippen molar-refractivity contribution >= 4 is 22.5 Å². The number of fused-ring (bicyclic) bond motifs is 1. The Bertz CT molecular complexity index is 1470. The zero-order valence-corrected chi connectivity index (χ0v) is 21.3.